The molecule has 0 aliphatic carbocycles. The summed E-state index contributed by atoms with van der Waals surface area (Å²) in [4.78, 5) is 22.7. The van der Waals surface area contributed by atoms with Crippen molar-refractivity contribution in [3.8, 4) is 0 Å². The Bertz CT molecular complexity index is 429. The van der Waals surface area contributed by atoms with Gasteiger partial charge < -0.3 is 18.6 Å². The predicted octanol–water partition coefficient (Wildman–Crippen LogP) is 2.66. The summed E-state index contributed by atoms with van der Waals surface area (Å²) in [6.45, 7) is 14.2. The van der Waals surface area contributed by atoms with E-state index in [0.717, 1.165) is 0 Å². The molecule has 2 unspecified atom stereocenters. The van der Waals surface area contributed by atoms with E-state index >= 15 is 0 Å². The average molecular weight is 346 g/mol. The largest absolute Gasteiger partial charge is 0.458 e. The van der Waals surface area contributed by atoms with Crippen LogP contribution in [0.25, 0.3) is 0 Å². The second kappa shape index (κ2) is 7.77. The zero-order valence-electron chi connectivity index (χ0n) is 15.3. The second-order valence-corrected chi connectivity index (χ2v) is 12.3. The molecule has 0 spiro atoms. The standard InChI is InChI=1S/C16H30O6Si/c1-11(17)21-13-8-9-19-14(15(13)22-12(2)18)10-20-23(6,7)16(3,4)5/h13-15H,8-10H2,1-7H3/t13-,14?,15?/m1/s1. The number of carbonyl (C=O) groups is 2. The van der Waals surface area contributed by atoms with Gasteiger partial charge in [-0.05, 0) is 18.1 Å². The Labute approximate surface area is 139 Å². The van der Waals surface area contributed by atoms with Gasteiger partial charge >= 0.3 is 11.9 Å². The second-order valence-electron chi connectivity index (χ2n) is 7.49. The maximum atomic E-state index is 11.4. The quantitative estimate of drug-likeness (QED) is 0.563. The minimum absolute atomic E-state index is 0.0773. The predicted molar refractivity (Wildman–Crippen MR) is 88.6 cm³/mol. The molecule has 134 valence electrons. The maximum Gasteiger partial charge on any atom is 0.303 e. The zero-order valence-corrected chi connectivity index (χ0v) is 16.3. The lowest BCUT2D eigenvalue weighted by atomic mass is 10.0. The third kappa shape index (κ3) is 5.89. The first kappa shape index (κ1) is 20.1. The van der Waals surface area contributed by atoms with Crippen molar-refractivity contribution in [1.82, 2.24) is 0 Å². The minimum Gasteiger partial charge on any atom is -0.458 e. The molecule has 0 radical (unpaired) electrons. The maximum absolute atomic E-state index is 11.4. The summed E-state index contributed by atoms with van der Waals surface area (Å²) in [7, 11) is -1.94. The summed E-state index contributed by atoms with van der Waals surface area (Å²) in [6, 6.07) is 0. The lowest BCUT2D eigenvalue weighted by molar-refractivity contribution is -0.196. The molecule has 1 rings (SSSR count). The Morgan fingerprint density at radius 3 is 2.17 bits per heavy atom. The fraction of sp³-hybridized carbons (Fsp3) is 0.875. The van der Waals surface area contributed by atoms with Crippen LogP contribution in [0.4, 0.5) is 0 Å². The third-order valence-electron chi connectivity index (χ3n) is 4.50. The van der Waals surface area contributed by atoms with Gasteiger partial charge in [0.25, 0.3) is 0 Å². The van der Waals surface area contributed by atoms with Crippen molar-refractivity contribution in [2.24, 2.45) is 0 Å². The zero-order chi connectivity index (χ0) is 17.8. The molecule has 0 bridgehead atoms. The van der Waals surface area contributed by atoms with E-state index in [1.54, 1.807) is 0 Å². The molecule has 0 saturated carbocycles. The molecule has 1 aliphatic heterocycles. The van der Waals surface area contributed by atoms with E-state index in [1.165, 1.54) is 13.8 Å². The molecule has 1 fully saturated rings. The van der Waals surface area contributed by atoms with Crippen molar-refractivity contribution >= 4 is 20.3 Å². The van der Waals surface area contributed by atoms with Gasteiger partial charge in [0.05, 0.1) is 13.2 Å². The number of hydrogen-bond acceptors (Lipinski definition) is 6. The van der Waals surface area contributed by atoms with Crippen molar-refractivity contribution in [2.75, 3.05) is 13.2 Å². The fourth-order valence-electron chi connectivity index (χ4n) is 2.17. The van der Waals surface area contributed by atoms with Crippen LogP contribution in [-0.2, 0) is 28.2 Å². The smallest absolute Gasteiger partial charge is 0.303 e. The van der Waals surface area contributed by atoms with Crippen LogP contribution in [0.1, 0.15) is 41.0 Å². The topological polar surface area (TPSA) is 71.1 Å². The van der Waals surface area contributed by atoms with Crippen molar-refractivity contribution < 1.29 is 28.2 Å². The van der Waals surface area contributed by atoms with Gasteiger partial charge in [0.15, 0.2) is 14.4 Å². The molecule has 0 amide bonds. The van der Waals surface area contributed by atoms with E-state index in [0.29, 0.717) is 19.6 Å². The number of rotatable bonds is 5. The molecule has 1 aliphatic rings. The molecular weight excluding hydrogens is 316 g/mol. The van der Waals surface area contributed by atoms with E-state index in [1.807, 2.05) is 0 Å². The number of hydrogen-bond donors (Lipinski definition) is 0. The summed E-state index contributed by atoms with van der Waals surface area (Å²) in [5, 5.41) is 0.0773. The molecule has 6 nitrogen and oxygen atoms in total. The Balaban J connectivity index is 2.80. The van der Waals surface area contributed by atoms with Crippen LogP contribution in [0, 0.1) is 0 Å². The number of esters is 2. The molecule has 0 aromatic rings. The monoisotopic (exact) mass is 346 g/mol. The van der Waals surface area contributed by atoms with Crippen molar-refractivity contribution in [2.45, 2.75) is 77.5 Å². The van der Waals surface area contributed by atoms with Crippen molar-refractivity contribution in [1.29, 1.82) is 0 Å². The highest BCUT2D eigenvalue weighted by atomic mass is 28.4. The van der Waals surface area contributed by atoms with Crippen LogP contribution in [0.5, 0.6) is 0 Å². The highest BCUT2D eigenvalue weighted by molar-refractivity contribution is 6.74. The van der Waals surface area contributed by atoms with Crippen molar-refractivity contribution in [3.63, 3.8) is 0 Å². The fourth-order valence-corrected chi connectivity index (χ4v) is 3.18. The van der Waals surface area contributed by atoms with Gasteiger partial charge in [-0.1, -0.05) is 20.8 Å². The first-order valence-corrected chi connectivity index (χ1v) is 10.9. The highest BCUT2D eigenvalue weighted by Crippen LogP contribution is 2.37. The van der Waals surface area contributed by atoms with Gasteiger partial charge in [-0.2, -0.15) is 0 Å². The van der Waals surface area contributed by atoms with Crippen LogP contribution in [0.3, 0.4) is 0 Å². The van der Waals surface area contributed by atoms with Crippen LogP contribution in [-0.4, -0.2) is 51.8 Å². The summed E-state index contributed by atoms with van der Waals surface area (Å²) < 4.78 is 22.6. The van der Waals surface area contributed by atoms with Gasteiger partial charge in [-0.25, -0.2) is 0 Å². The Morgan fingerprint density at radius 2 is 1.70 bits per heavy atom. The van der Waals surface area contributed by atoms with Gasteiger partial charge in [0.2, 0.25) is 0 Å². The average Bonchev–Trinajstić information content (AvgIpc) is 2.36. The minimum atomic E-state index is -1.94. The van der Waals surface area contributed by atoms with Crippen LogP contribution < -0.4 is 0 Å². The number of ether oxygens (including phenoxy) is 3. The Kier molecular flexibility index (Phi) is 6.79. The SMILES string of the molecule is CC(=O)OC1C(CO[Si](C)(C)C(C)(C)C)OCC[C@H]1OC(C)=O. The summed E-state index contributed by atoms with van der Waals surface area (Å²) >= 11 is 0. The van der Waals surface area contributed by atoms with Gasteiger partial charge in [0.1, 0.15) is 12.2 Å². The molecular formula is C16H30O6Si. The van der Waals surface area contributed by atoms with Crippen LogP contribution >= 0.6 is 0 Å². The molecule has 0 aromatic heterocycles. The molecule has 23 heavy (non-hydrogen) atoms. The van der Waals surface area contributed by atoms with Crippen LogP contribution in [0.2, 0.25) is 18.1 Å². The molecule has 7 heteroatoms. The summed E-state index contributed by atoms with van der Waals surface area (Å²) in [6.07, 6.45) is -1.03. The van der Waals surface area contributed by atoms with E-state index in [4.69, 9.17) is 18.6 Å². The van der Waals surface area contributed by atoms with Crippen molar-refractivity contribution in [3.05, 3.63) is 0 Å². The lowest BCUT2D eigenvalue weighted by Gasteiger charge is -2.40. The Morgan fingerprint density at radius 1 is 1.13 bits per heavy atom. The van der Waals surface area contributed by atoms with Gasteiger partial charge in [-0.3, -0.25) is 9.59 Å². The molecule has 3 atom stereocenters. The summed E-state index contributed by atoms with van der Waals surface area (Å²) in [5.74, 6) is -0.812. The molecule has 0 aromatic carbocycles. The third-order valence-corrected chi connectivity index (χ3v) is 9.00. The number of carbonyl (C=O) groups excluding carboxylic acids is 2. The lowest BCUT2D eigenvalue weighted by Crippen LogP contribution is -2.52. The van der Waals surface area contributed by atoms with E-state index in [9.17, 15) is 9.59 Å². The molecule has 0 N–H and O–H groups in total. The van der Waals surface area contributed by atoms with Crippen LogP contribution in [0.15, 0.2) is 0 Å². The Hall–Kier alpha value is -0.923. The first-order valence-electron chi connectivity index (χ1n) is 8.04. The molecule has 1 saturated heterocycles. The van der Waals surface area contributed by atoms with Gasteiger partial charge in [-0.15, -0.1) is 0 Å². The van der Waals surface area contributed by atoms with E-state index < -0.39 is 38.6 Å². The summed E-state index contributed by atoms with van der Waals surface area (Å²) in [5.41, 5.74) is 0. The van der Waals surface area contributed by atoms with E-state index in [-0.39, 0.29) is 5.04 Å². The highest BCUT2D eigenvalue weighted by Gasteiger charge is 2.42. The van der Waals surface area contributed by atoms with Gasteiger partial charge in [0, 0.05) is 20.3 Å². The molecule has 1 heterocycles. The normalized spacial score (nSPS) is 25.8. The van der Waals surface area contributed by atoms with E-state index in [2.05, 4.69) is 33.9 Å². The first-order chi connectivity index (χ1) is 10.4.